The first-order chi connectivity index (χ1) is 31.6. The lowest BCUT2D eigenvalue weighted by Crippen LogP contribution is -2.63. The molecule has 3 saturated heterocycles. The Balaban J connectivity index is 1.16. The Morgan fingerprint density at radius 3 is 2.46 bits per heavy atom. The number of likely N-dealkylation sites (N-methyl/N-ethyl adjacent to an activating group) is 1. The van der Waals surface area contributed by atoms with E-state index in [-0.39, 0.29) is 66.0 Å². The van der Waals surface area contributed by atoms with Crippen LogP contribution < -0.4 is 20.7 Å². The van der Waals surface area contributed by atoms with Gasteiger partial charge in [0.05, 0.1) is 30.6 Å². The van der Waals surface area contributed by atoms with Gasteiger partial charge in [0.2, 0.25) is 29.5 Å². The van der Waals surface area contributed by atoms with Crippen LogP contribution in [0.1, 0.15) is 84.6 Å². The number of hydrogen-bond acceptors (Lipinski definition) is 14. The number of anilines is 1. The standard InChI is InChI=1S/C47H64ClN5O13S/c1-25-10-9-11-35(63-8)47(61)23-33(64-45(60)50-47)26(2)41-46(4,66-41)36(22-38(55)52(6)31-19-29(18-25)20-32(62-7)40(31)48)65-44(59)27(3)51(5)37(54)16-17-67-34-21-39(56)53(43(34)58)24-28-12-14-30(15-13-28)42(49)57/h9-11,19-20,26-28,30,33-36,41,61H,12-18,21-24H2,1-8H3,(H2,49,57)(H,50,60)/t26-,27+,28?,30?,33+,34?,35-,36?,41+,46+,47+/m1/s1. The molecule has 67 heavy (non-hydrogen) atoms. The molecule has 0 aromatic heterocycles. The van der Waals surface area contributed by atoms with Gasteiger partial charge in [-0.3, -0.25) is 34.2 Å². The van der Waals surface area contributed by atoms with E-state index in [4.69, 9.17) is 41.0 Å². The quantitative estimate of drug-likeness (QED) is 0.152. The number of esters is 1. The van der Waals surface area contributed by atoms with Gasteiger partial charge in [-0.05, 0) is 76.5 Å². The Morgan fingerprint density at radius 1 is 1.10 bits per heavy atom. The molecule has 9 atom stereocenters. The lowest BCUT2D eigenvalue weighted by molar-refractivity contribution is -0.162. The smallest absolute Gasteiger partial charge is 0.409 e. The average Bonchev–Trinajstić information content (AvgIpc) is 3.91. The van der Waals surface area contributed by atoms with E-state index in [0.717, 1.165) is 11.1 Å². The number of fused-ring (bicyclic) bond motifs is 5. The number of hydrogen-bond donors (Lipinski definition) is 3. The van der Waals surface area contributed by atoms with Crippen LogP contribution in [0.2, 0.25) is 5.02 Å². The van der Waals surface area contributed by atoms with Gasteiger partial charge in [0.25, 0.3) is 0 Å². The summed E-state index contributed by atoms with van der Waals surface area (Å²) in [5, 5.41) is 13.9. The van der Waals surface area contributed by atoms with Crippen LogP contribution in [-0.2, 0) is 54.1 Å². The summed E-state index contributed by atoms with van der Waals surface area (Å²) < 4.78 is 29.4. The molecule has 1 aliphatic carbocycles. The fourth-order valence-electron chi connectivity index (χ4n) is 9.55. The van der Waals surface area contributed by atoms with Crippen LogP contribution in [-0.4, -0.2) is 144 Å². The normalized spacial score (nSPS) is 31.8. The largest absolute Gasteiger partial charge is 0.495 e. The summed E-state index contributed by atoms with van der Waals surface area (Å²) in [5.74, 6) is -2.71. The molecule has 2 unspecified atom stereocenters. The topological polar surface area (TPSA) is 237 Å². The van der Waals surface area contributed by atoms with Crippen molar-refractivity contribution in [3.05, 3.63) is 46.5 Å². The number of halogens is 1. The van der Waals surface area contributed by atoms with Crippen molar-refractivity contribution in [1.29, 1.82) is 0 Å². The highest BCUT2D eigenvalue weighted by molar-refractivity contribution is 8.00. The molecular formula is C47H64ClN5O13S. The number of benzene rings is 1. The maximum absolute atomic E-state index is 14.3. The number of allylic oxidation sites excluding steroid dienone is 3. The minimum Gasteiger partial charge on any atom is -0.495 e. The van der Waals surface area contributed by atoms with E-state index in [1.165, 1.54) is 54.7 Å². The lowest BCUT2D eigenvalue weighted by Gasteiger charge is -2.42. The fourth-order valence-corrected chi connectivity index (χ4v) is 11.0. The Kier molecular flexibility index (Phi) is 16.4. The van der Waals surface area contributed by atoms with Crippen molar-refractivity contribution in [1.82, 2.24) is 15.1 Å². The third-order valence-electron chi connectivity index (χ3n) is 14.1. The van der Waals surface area contributed by atoms with E-state index in [1.807, 2.05) is 13.0 Å². The summed E-state index contributed by atoms with van der Waals surface area (Å²) in [4.78, 5) is 96.5. The van der Waals surface area contributed by atoms with Crippen molar-refractivity contribution in [2.75, 3.05) is 45.5 Å². The Bertz CT molecular complexity index is 2170. The Labute approximate surface area is 400 Å². The number of rotatable bonds is 12. The van der Waals surface area contributed by atoms with E-state index in [2.05, 4.69) is 5.32 Å². The van der Waals surface area contributed by atoms with Crippen molar-refractivity contribution < 1.29 is 62.4 Å². The molecule has 1 saturated carbocycles. The minimum atomic E-state index is -1.87. The van der Waals surface area contributed by atoms with Gasteiger partial charge in [-0.25, -0.2) is 9.59 Å². The second-order valence-corrected chi connectivity index (χ2v) is 20.4. The van der Waals surface area contributed by atoms with E-state index in [0.29, 0.717) is 50.1 Å². The first-order valence-electron chi connectivity index (χ1n) is 22.7. The van der Waals surface area contributed by atoms with Gasteiger partial charge in [-0.2, -0.15) is 0 Å². The van der Waals surface area contributed by atoms with E-state index in [9.17, 15) is 38.7 Å². The van der Waals surface area contributed by atoms with Crippen LogP contribution >= 0.6 is 23.4 Å². The van der Waals surface area contributed by atoms with Gasteiger partial charge in [0.1, 0.15) is 40.7 Å². The predicted octanol–water partition coefficient (Wildman–Crippen LogP) is 4.06. The van der Waals surface area contributed by atoms with Crippen LogP contribution in [0.3, 0.4) is 0 Å². The second kappa shape index (κ2) is 21.3. The average molecular weight is 975 g/mol. The van der Waals surface area contributed by atoms with Gasteiger partial charge in [0, 0.05) is 64.6 Å². The number of epoxide rings is 1. The first kappa shape index (κ1) is 51.7. The first-order valence-corrected chi connectivity index (χ1v) is 24.1. The predicted molar refractivity (Wildman–Crippen MR) is 248 cm³/mol. The van der Waals surface area contributed by atoms with Crippen molar-refractivity contribution in [2.24, 2.45) is 23.5 Å². The van der Waals surface area contributed by atoms with Crippen molar-refractivity contribution in [3.63, 3.8) is 0 Å². The van der Waals surface area contributed by atoms with Crippen LogP contribution in [0.25, 0.3) is 0 Å². The molecular weight excluding hydrogens is 910 g/mol. The molecule has 0 spiro atoms. The molecule has 4 fully saturated rings. The number of carbonyl (C=O) groups excluding carboxylic acids is 7. The molecule has 5 aliphatic rings. The van der Waals surface area contributed by atoms with Crippen LogP contribution in [0.5, 0.6) is 5.75 Å². The molecule has 6 amide bonds. The molecule has 1 aromatic carbocycles. The third-order valence-corrected chi connectivity index (χ3v) is 15.6. The number of primary amides is 1. The molecule has 368 valence electrons. The van der Waals surface area contributed by atoms with Crippen LogP contribution in [0.15, 0.2) is 35.9 Å². The lowest BCUT2D eigenvalue weighted by atomic mass is 9.81. The molecule has 1 aromatic rings. The zero-order valence-electron chi connectivity index (χ0n) is 39.4. The summed E-state index contributed by atoms with van der Waals surface area (Å²) in [6, 6.07) is 2.42. The van der Waals surface area contributed by atoms with Crippen LogP contribution in [0.4, 0.5) is 10.5 Å². The molecule has 4 aliphatic heterocycles. The number of carbonyl (C=O) groups is 7. The summed E-state index contributed by atoms with van der Waals surface area (Å²) in [5.41, 5.74) is 4.31. The summed E-state index contributed by atoms with van der Waals surface area (Å²) in [6.45, 7) is 7.16. The number of nitrogens with two attached hydrogens (primary N) is 1. The second-order valence-electron chi connectivity index (χ2n) is 18.7. The molecule has 4 bridgehead atoms. The highest BCUT2D eigenvalue weighted by Gasteiger charge is 2.64. The molecule has 0 radical (unpaired) electrons. The van der Waals surface area contributed by atoms with Gasteiger partial charge < -0.3 is 44.3 Å². The fraction of sp³-hybridized carbons (Fsp3) is 0.638. The molecule has 20 heteroatoms. The number of nitrogens with zero attached hydrogens (tertiary/aromatic N) is 3. The monoisotopic (exact) mass is 973 g/mol. The van der Waals surface area contributed by atoms with Gasteiger partial charge in [0.15, 0.2) is 5.72 Å². The maximum Gasteiger partial charge on any atom is 0.409 e. The molecule has 6 rings (SSSR count). The third kappa shape index (κ3) is 11.6. The van der Waals surface area contributed by atoms with Crippen LogP contribution in [0, 0.1) is 17.8 Å². The highest BCUT2D eigenvalue weighted by Crippen LogP contribution is 2.49. The molecule has 4 heterocycles. The Hall–Kier alpha value is -4.69. The Morgan fingerprint density at radius 2 is 1.81 bits per heavy atom. The SMILES string of the molecule is COc1cc2cc(c1Cl)N(C)C(=O)CC(OC(=O)[C@H](C)N(C)C(=O)CCSC1CC(=O)N(CC3CCC(C(N)=O)CC3)C1=O)[C@]1(C)O[C@H]1[C@H](C)[C@@H]1C[C@@](O)(NC(=O)O1)[C@H](OC)C=CC=C(C)C2. The van der Waals surface area contributed by atoms with Crippen molar-refractivity contribution >= 4 is 70.6 Å². The van der Waals surface area contributed by atoms with Gasteiger partial charge in [-0.1, -0.05) is 42.3 Å². The number of alkyl carbamates (subject to hydrolysis) is 1. The number of methoxy groups -OCH3 is 2. The summed E-state index contributed by atoms with van der Waals surface area (Å²) in [7, 11) is 5.89. The zero-order valence-corrected chi connectivity index (χ0v) is 41.0. The maximum atomic E-state index is 14.3. The summed E-state index contributed by atoms with van der Waals surface area (Å²) >= 11 is 8.02. The number of aliphatic hydroxyl groups is 1. The minimum absolute atomic E-state index is 0.0246. The number of thioether (sulfide) groups is 1. The number of imide groups is 1. The van der Waals surface area contributed by atoms with Crippen molar-refractivity contribution in [2.45, 2.75) is 133 Å². The van der Waals surface area contributed by atoms with Gasteiger partial charge in [-0.15, -0.1) is 11.8 Å². The number of likely N-dealkylation sites (tertiary alicyclic amines) is 1. The number of amides is 6. The van der Waals surface area contributed by atoms with E-state index >= 15 is 0 Å². The van der Waals surface area contributed by atoms with Crippen molar-refractivity contribution in [3.8, 4) is 5.75 Å². The number of ether oxygens (including phenoxy) is 5. The molecule has 18 nitrogen and oxygen atoms in total. The number of nitrogens with one attached hydrogen (secondary N) is 1. The molecule has 4 N–H and O–H groups in total. The highest BCUT2D eigenvalue weighted by atomic mass is 35.5. The van der Waals surface area contributed by atoms with E-state index in [1.54, 1.807) is 45.2 Å². The summed E-state index contributed by atoms with van der Waals surface area (Å²) in [6.07, 6.45) is 3.11. The van der Waals surface area contributed by atoms with Gasteiger partial charge >= 0.3 is 12.1 Å². The van der Waals surface area contributed by atoms with E-state index < -0.39 is 76.8 Å². The zero-order chi connectivity index (χ0) is 49.1.